The van der Waals surface area contributed by atoms with E-state index in [2.05, 4.69) is 52.5 Å². The average Bonchev–Trinajstić information content (AvgIpc) is 3.03. The molecule has 0 saturated carbocycles. The summed E-state index contributed by atoms with van der Waals surface area (Å²) in [6.45, 7) is 6.66. The summed E-state index contributed by atoms with van der Waals surface area (Å²) in [7, 11) is 0. The van der Waals surface area contributed by atoms with Gasteiger partial charge in [0.25, 0.3) is 0 Å². The lowest BCUT2D eigenvalue weighted by molar-refractivity contribution is 0.700. The number of hydrogen-bond donors (Lipinski definition) is 0. The second kappa shape index (κ2) is 9.31. The molecule has 1 aromatic heterocycles. The van der Waals surface area contributed by atoms with Crippen molar-refractivity contribution in [2.24, 2.45) is 0 Å². The second-order valence-corrected chi connectivity index (χ2v) is 8.18. The van der Waals surface area contributed by atoms with Crippen LogP contribution in [0.5, 0.6) is 0 Å². The van der Waals surface area contributed by atoms with Crippen molar-refractivity contribution in [3.05, 3.63) is 83.2 Å². The molecule has 2 aromatic carbocycles. The number of halogens is 1. The lowest BCUT2D eigenvalue weighted by Crippen LogP contribution is -2.03. The highest BCUT2D eigenvalue weighted by Gasteiger charge is 2.13. The van der Waals surface area contributed by atoms with Crippen LogP contribution in [0.25, 0.3) is 0 Å². The second-order valence-electron chi connectivity index (χ2n) is 5.78. The molecule has 1 heterocycles. The van der Waals surface area contributed by atoms with Crippen LogP contribution >= 0.6 is 35.1 Å². The minimum Gasteiger partial charge on any atom is -0.301 e. The maximum atomic E-state index is 6.25. The fourth-order valence-electron chi connectivity index (χ4n) is 2.39. The van der Waals surface area contributed by atoms with E-state index in [9.17, 15) is 0 Å². The Kier molecular flexibility index (Phi) is 6.83. The van der Waals surface area contributed by atoms with E-state index in [0.29, 0.717) is 6.54 Å². The van der Waals surface area contributed by atoms with E-state index < -0.39 is 0 Å². The van der Waals surface area contributed by atoms with Gasteiger partial charge < -0.3 is 4.57 Å². The first-order chi connectivity index (χ1) is 12.7. The monoisotopic (exact) mass is 401 g/mol. The minimum absolute atomic E-state index is 0.696. The summed E-state index contributed by atoms with van der Waals surface area (Å²) in [4.78, 5) is 1.23. The van der Waals surface area contributed by atoms with Gasteiger partial charge in [0.15, 0.2) is 5.16 Å². The summed E-state index contributed by atoms with van der Waals surface area (Å²) in [5.41, 5.74) is 2.37. The van der Waals surface area contributed by atoms with Crippen LogP contribution in [0.15, 0.2) is 71.2 Å². The molecule has 3 aromatic rings. The summed E-state index contributed by atoms with van der Waals surface area (Å²) < 4.78 is 2.12. The number of nitrogens with zero attached hydrogens (tertiary/aromatic N) is 3. The van der Waals surface area contributed by atoms with Gasteiger partial charge in [-0.2, -0.15) is 0 Å². The van der Waals surface area contributed by atoms with Gasteiger partial charge in [-0.15, -0.1) is 28.5 Å². The average molecular weight is 402 g/mol. The first-order valence-electron chi connectivity index (χ1n) is 8.26. The molecule has 3 nitrogen and oxygen atoms in total. The molecular formula is C20H20ClN3S2. The highest BCUT2D eigenvalue weighted by Crippen LogP contribution is 2.28. The molecule has 0 atom stereocenters. The third-order valence-electron chi connectivity index (χ3n) is 3.81. The zero-order valence-corrected chi connectivity index (χ0v) is 16.9. The summed E-state index contributed by atoms with van der Waals surface area (Å²) in [6.07, 6.45) is 1.88. The van der Waals surface area contributed by atoms with E-state index in [-0.39, 0.29) is 0 Å². The molecule has 0 saturated heterocycles. The Hall–Kier alpha value is -1.69. The van der Waals surface area contributed by atoms with E-state index in [4.69, 9.17) is 11.6 Å². The fraction of sp³-hybridized carbons (Fsp3) is 0.200. The van der Waals surface area contributed by atoms with Crippen LogP contribution < -0.4 is 0 Å². The number of benzene rings is 2. The number of thioether (sulfide) groups is 2. The molecular weight excluding hydrogens is 382 g/mol. The van der Waals surface area contributed by atoms with Gasteiger partial charge in [0, 0.05) is 22.2 Å². The van der Waals surface area contributed by atoms with Crippen LogP contribution in [0.3, 0.4) is 0 Å². The third-order valence-corrected chi connectivity index (χ3v) is 6.20. The Labute approximate surface area is 167 Å². The van der Waals surface area contributed by atoms with Crippen molar-refractivity contribution in [2.75, 3.05) is 0 Å². The summed E-state index contributed by atoms with van der Waals surface area (Å²) in [5.74, 6) is 2.49. The summed E-state index contributed by atoms with van der Waals surface area (Å²) >= 11 is 9.66. The molecule has 0 aliphatic heterocycles. The van der Waals surface area contributed by atoms with Crippen LogP contribution in [0, 0.1) is 6.92 Å². The Morgan fingerprint density at radius 3 is 2.54 bits per heavy atom. The standard InChI is InChI=1S/C20H20ClN3S2/c1-3-12-24-19(14-25-17-10-8-15(2)9-11-17)22-23-20(24)26-13-16-6-4-5-7-18(16)21/h3-11H,1,12-14H2,2H3. The molecule has 0 bridgehead atoms. The Balaban J connectivity index is 1.70. The van der Waals surface area contributed by atoms with Gasteiger partial charge in [-0.3, -0.25) is 0 Å². The predicted octanol–water partition coefficient (Wildman–Crippen LogP) is 6.01. The molecule has 0 fully saturated rings. The van der Waals surface area contributed by atoms with E-state index in [1.807, 2.05) is 30.3 Å². The van der Waals surface area contributed by atoms with E-state index in [1.165, 1.54) is 10.5 Å². The van der Waals surface area contributed by atoms with Crippen LogP contribution in [-0.4, -0.2) is 14.8 Å². The van der Waals surface area contributed by atoms with E-state index in [0.717, 1.165) is 33.1 Å². The Morgan fingerprint density at radius 1 is 1.04 bits per heavy atom. The number of aromatic nitrogens is 3. The molecule has 0 aliphatic rings. The number of rotatable bonds is 8. The SMILES string of the molecule is C=CCn1c(CSc2ccc(C)cc2)nnc1SCc1ccccc1Cl. The highest BCUT2D eigenvalue weighted by molar-refractivity contribution is 7.98. The predicted molar refractivity (Wildman–Crippen MR) is 112 cm³/mol. The van der Waals surface area contributed by atoms with Gasteiger partial charge in [0.1, 0.15) is 5.82 Å². The Morgan fingerprint density at radius 2 is 1.81 bits per heavy atom. The highest BCUT2D eigenvalue weighted by atomic mass is 35.5. The normalized spacial score (nSPS) is 10.8. The number of aryl methyl sites for hydroxylation is 1. The molecule has 0 radical (unpaired) electrons. The van der Waals surface area contributed by atoms with Crippen molar-refractivity contribution < 1.29 is 0 Å². The molecule has 0 unspecified atom stereocenters. The van der Waals surface area contributed by atoms with Crippen LogP contribution in [0.1, 0.15) is 17.0 Å². The van der Waals surface area contributed by atoms with Crippen molar-refractivity contribution in [1.29, 1.82) is 0 Å². The maximum Gasteiger partial charge on any atom is 0.191 e. The lowest BCUT2D eigenvalue weighted by Gasteiger charge is -2.08. The van der Waals surface area contributed by atoms with Gasteiger partial charge in [-0.1, -0.05) is 65.3 Å². The number of allylic oxidation sites excluding steroid dienone is 1. The zero-order chi connectivity index (χ0) is 18.4. The van der Waals surface area contributed by atoms with Crippen LogP contribution in [-0.2, 0) is 18.1 Å². The van der Waals surface area contributed by atoms with Crippen LogP contribution in [0.2, 0.25) is 5.02 Å². The first-order valence-corrected chi connectivity index (χ1v) is 10.6. The number of hydrogen-bond acceptors (Lipinski definition) is 4. The molecule has 26 heavy (non-hydrogen) atoms. The van der Waals surface area contributed by atoms with Gasteiger partial charge in [-0.25, -0.2) is 0 Å². The molecule has 3 rings (SSSR count). The van der Waals surface area contributed by atoms with E-state index in [1.54, 1.807) is 23.5 Å². The van der Waals surface area contributed by atoms with Gasteiger partial charge in [0.2, 0.25) is 0 Å². The topological polar surface area (TPSA) is 30.7 Å². The zero-order valence-electron chi connectivity index (χ0n) is 14.6. The molecule has 0 aliphatic carbocycles. The van der Waals surface area contributed by atoms with Crippen molar-refractivity contribution in [3.8, 4) is 0 Å². The minimum atomic E-state index is 0.696. The van der Waals surface area contributed by atoms with Gasteiger partial charge in [-0.05, 0) is 30.7 Å². The molecule has 0 spiro atoms. The first kappa shape index (κ1) is 19.1. The largest absolute Gasteiger partial charge is 0.301 e. The maximum absolute atomic E-state index is 6.25. The molecule has 6 heteroatoms. The van der Waals surface area contributed by atoms with Crippen molar-refractivity contribution in [3.63, 3.8) is 0 Å². The lowest BCUT2D eigenvalue weighted by atomic mass is 10.2. The summed E-state index contributed by atoms with van der Waals surface area (Å²) in [5, 5.41) is 10.4. The molecule has 134 valence electrons. The van der Waals surface area contributed by atoms with Crippen molar-refractivity contribution in [2.45, 2.75) is 35.0 Å². The fourth-order valence-corrected chi connectivity index (χ4v) is 4.48. The van der Waals surface area contributed by atoms with Crippen molar-refractivity contribution in [1.82, 2.24) is 14.8 Å². The van der Waals surface area contributed by atoms with Gasteiger partial charge >= 0.3 is 0 Å². The smallest absolute Gasteiger partial charge is 0.191 e. The third kappa shape index (κ3) is 4.93. The quantitative estimate of drug-likeness (QED) is 0.341. The molecule has 0 N–H and O–H groups in total. The Bertz CT molecular complexity index is 875. The van der Waals surface area contributed by atoms with Crippen molar-refractivity contribution >= 4 is 35.1 Å². The van der Waals surface area contributed by atoms with Crippen LogP contribution in [0.4, 0.5) is 0 Å². The van der Waals surface area contributed by atoms with Gasteiger partial charge in [0.05, 0.1) is 5.75 Å². The molecule has 0 amide bonds. The van der Waals surface area contributed by atoms with E-state index >= 15 is 0 Å². The summed E-state index contributed by atoms with van der Waals surface area (Å²) in [6, 6.07) is 16.4.